The Hall–Kier alpha value is -0.480. The third kappa shape index (κ3) is 2.06. The molecule has 1 aliphatic carbocycles. The van der Waals surface area contributed by atoms with E-state index in [1.165, 1.54) is 0 Å². The van der Waals surface area contributed by atoms with Gasteiger partial charge in [0.2, 0.25) is 0 Å². The molecule has 0 atom stereocenters. The van der Waals surface area contributed by atoms with Crippen molar-refractivity contribution in [3.63, 3.8) is 0 Å². The van der Waals surface area contributed by atoms with E-state index in [4.69, 9.17) is 12.2 Å². The molecule has 1 N–H and O–H groups in total. The molecule has 1 fully saturated rings. The number of Topliss-reactive ketones (excluding diaryl/α,β-unsaturated/α-hetero) is 1. The molecule has 0 bridgehead atoms. The van der Waals surface area contributed by atoms with E-state index in [1.807, 2.05) is 19.0 Å². The van der Waals surface area contributed by atoms with Crippen LogP contribution in [0.5, 0.6) is 0 Å². The summed E-state index contributed by atoms with van der Waals surface area (Å²) < 4.78 is 0. The van der Waals surface area contributed by atoms with Gasteiger partial charge in [0.15, 0.2) is 0 Å². The van der Waals surface area contributed by atoms with Gasteiger partial charge in [-0.15, -0.1) is 0 Å². The Balaban J connectivity index is 2.53. The van der Waals surface area contributed by atoms with Crippen LogP contribution < -0.4 is 5.32 Å². The number of hydrogen-bond donors (Lipinski definition) is 1. The molecule has 1 aliphatic rings. The first-order chi connectivity index (χ1) is 6.03. The molecule has 74 valence electrons. The van der Waals surface area contributed by atoms with Gasteiger partial charge in [-0.1, -0.05) is 12.2 Å². The molecule has 0 saturated heterocycles. The topological polar surface area (TPSA) is 32.3 Å². The molecular formula is C9H16N2OS. The molecule has 0 spiro atoms. The van der Waals surface area contributed by atoms with Crippen molar-refractivity contribution in [1.82, 2.24) is 10.2 Å². The monoisotopic (exact) mass is 200 g/mol. The Labute approximate surface area is 84.5 Å². The van der Waals surface area contributed by atoms with Gasteiger partial charge in [0.1, 0.15) is 5.78 Å². The molecule has 0 aromatic rings. The average molecular weight is 200 g/mol. The molecule has 1 rings (SSSR count). The van der Waals surface area contributed by atoms with E-state index < -0.39 is 0 Å². The van der Waals surface area contributed by atoms with Gasteiger partial charge >= 0.3 is 0 Å². The molecule has 3 nitrogen and oxygen atoms in total. The summed E-state index contributed by atoms with van der Waals surface area (Å²) in [4.78, 5) is 14.2. The van der Waals surface area contributed by atoms with E-state index in [2.05, 4.69) is 5.32 Å². The van der Waals surface area contributed by atoms with E-state index in [0.717, 1.165) is 17.8 Å². The first kappa shape index (κ1) is 10.6. The van der Waals surface area contributed by atoms with E-state index in [1.54, 1.807) is 6.92 Å². The number of likely N-dealkylation sites (N-methyl/N-ethyl adjacent to an activating group) is 2. The van der Waals surface area contributed by atoms with Crippen LogP contribution in [-0.2, 0) is 4.79 Å². The van der Waals surface area contributed by atoms with Gasteiger partial charge in [0, 0.05) is 13.6 Å². The standard InChI is InChI=1S/C9H16N2OS/c1-7(12)9(4-5-9)11(3)6-8(13)10-2/h4-6H2,1-3H3,(H,10,13). The molecule has 0 aliphatic heterocycles. The van der Waals surface area contributed by atoms with Crippen molar-refractivity contribution in [2.24, 2.45) is 0 Å². The predicted octanol–water partition coefficient (Wildman–Crippen LogP) is 0.587. The zero-order chi connectivity index (χ0) is 10.1. The molecule has 0 unspecified atom stereocenters. The summed E-state index contributed by atoms with van der Waals surface area (Å²) in [5.41, 5.74) is -0.194. The summed E-state index contributed by atoms with van der Waals surface area (Å²) >= 11 is 5.05. The Morgan fingerprint density at radius 3 is 2.46 bits per heavy atom. The number of hydrogen-bond acceptors (Lipinski definition) is 3. The molecule has 4 heteroatoms. The average Bonchev–Trinajstić information content (AvgIpc) is 2.83. The van der Waals surface area contributed by atoms with Crippen LogP contribution in [0.4, 0.5) is 0 Å². The number of rotatable bonds is 4. The summed E-state index contributed by atoms with van der Waals surface area (Å²) in [6.45, 7) is 2.33. The maximum atomic E-state index is 11.3. The van der Waals surface area contributed by atoms with Crippen LogP contribution in [0.15, 0.2) is 0 Å². The summed E-state index contributed by atoms with van der Waals surface area (Å²) in [7, 11) is 3.77. The van der Waals surface area contributed by atoms with Crippen LogP contribution in [0.2, 0.25) is 0 Å². The molecular weight excluding hydrogens is 184 g/mol. The highest BCUT2D eigenvalue weighted by Crippen LogP contribution is 2.41. The molecule has 13 heavy (non-hydrogen) atoms. The van der Waals surface area contributed by atoms with Crippen molar-refractivity contribution in [1.29, 1.82) is 0 Å². The normalized spacial score (nSPS) is 18.5. The van der Waals surface area contributed by atoms with Gasteiger partial charge < -0.3 is 5.32 Å². The summed E-state index contributed by atoms with van der Waals surface area (Å²) in [6, 6.07) is 0. The minimum Gasteiger partial charge on any atom is -0.382 e. The van der Waals surface area contributed by atoms with Crippen LogP contribution in [0.25, 0.3) is 0 Å². The minimum absolute atomic E-state index is 0.194. The lowest BCUT2D eigenvalue weighted by molar-refractivity contribution is -0.122. The van der Waals surface area contributed by atoms with Crippen molar-refractivity contribution in [2.75, 3.05) is 20.6 Å². The number of carbonyl (C=O) groups excluding carboxylic acids is 1. The molecule has 0 radical (unpaired) electrons. The van der Waals surface area contributed by atoms with Crippen molar-refractivity contribution >= 4 is 23.0 Å². The maximum absolute atomic E-state index is 11.3. The largest absolute Gasteiger partial charge is 0.382 e. The SMILES string of the molecule is CNC(=S)CN(C)C1(C(C)=O)CC1. The Kier molecular flexibility index (Phi) is 3.03. The highest BCUT2D eigenvalue weighted by atomic mass is 32.1. The van der Waals surface area contributed by atoms with Gasteiger partial charge in [-0.05, 0) is 26.8 Å². The van der Waals surface area contributed by atoms with Crippen LogP contribution >= 0.6 is 12.2 Å². The van der Waals surface area contributed by atoms with Crippen LogP contribution in [0.1, 0.15) is 19.8 Å². The first-order valence-electron chi connectivity index (χ1n) is 4.46. The number of thiocarbonyl (C=S) groups is 1. The first-order valence-corrected chi connectivity index (χ1v) is 4.86. The van der Waals surface area contributed by atoms with Crippen molar-refractivity contribution < 1.29 is 4.79 Å². The van der Waals surface area contributed by atoms with Crippen LogP contribution in [0, 0.1) is 0 Å². The van der Waals surface area contributed by atoms with Crippen LogP contribution in [0.3, 0.4) is 0 Å². The fourth-order valence-electron chi connectivity index (χ4n) is 1.57. The number of nitrogens with one attached hydrogen (secondary N) is 1. The summed E-state index contributed by atoms with van der Waals surface area (Å²) in [6.07, 6.45) is 1.95. The smallest absolute Gasteiger partial charge is 0.150 e. The lowest BCUT2D eigenvalue weighted by atomic mass is 10.1. The van der Waals surface area contributed by atoms with E-state index in [-0.39, 0.29) is 11.3 Å². The third-order valence-electron chi connectivity index (χ3n) is 2.77. The Bertz CT molecular complexity index is 236. The lowest BCUT2D eigenvalue weighted by Crippen LogP contribution is -2.44. The summed E-state index contributed by atoms with van der Waals surface area (Å²) in [5, 5.41) is 2.91. The Morgan fingerprint density at radius 1 is 1.62 bits per heavy atom. The van der Waals surface area contributed by atoms with Crippen LogP contribution in [-0.4, -0.2) is 41.9 Å². The van der Waals surface area contributed by atoms with Crippen molar-refractivity contribution in [3.8, 4) is 0 Å². The van der Waals surface area contributed by atoms with E-state index >= 15 is 0 Å². The zero-order valence-electron chi connectivity index (χ0n) is 8.39. The van der Waals surface area contributed by atoms with Gasteiger partial charge in [-0.2, -0.15) is 0 Å². The fraction of sp³-hybridized carbons (Fsp3) is 0.778. The van der Waals surface area contributed by atoms with E-state index in [9.17, 15) is 4.79 Å². The van der Waals surface area contributed by atoms with Gasteiger partial charge in [-0.25, -0.2) is 0 Å². The fourth-order valence-corrected chi connectivity index (χ4v) is 1.76. The third-order valence-corrected chi connectivity index (χ3v) is 3.10. The molecule has 0 heterocycles. The highest BCUT2D eigenvalue weighted by Gasteiger charge is 2.50. The highest BCUT2D eigenvalue weighted by molar-refractivity contribution is 7.80. The second-order valence-corrected chi connectivity index (χ2v) is 4.11. The number of nitrogens with zero attached hydrogens (tertiary/aromatic N) is 1. The molecule has 0 aromatic heterocycles. The number of carbonyl (C=O) groups is 1. The second-order valence-electron chi connectivity index (χ2n) is 3.62. The maximum Gasteiger partial charge on any atom is 0.150 e. The van der Waals surface area contributed by atoms with Gasteiger partial charge in [0.05, 0.1) is 10.5 Å². The second kappa shape index (κ2) is 3.72. The predicted molar refractivity (Wildman–Crippen MR) is 56.9 cm³/mol. The molecule has 0 amide bonds. The summed E-state index contributed by atoms with van der Waals surface area (Å²) in [5.74, 6) is 0.258. The van der Waals surface area contributed by atoms with Crippen molar-refractivity contribution in [2.45, 2.75) is 25.3 Å². The molecule has 0 aromatic carbocycles. The minimum atomic E-state index is -0.194. The lowest BCUT2D eigenvalue weighted by Gasteiger charge is -2.25. The van der Waals surface area contributed by atoms with E-state index in [0.29, 0.717) is 6.54 Å². The van der Waals surface area contributed by atoms with Crippen molar-refractivity contribution in [3.05, 3.63) is 0 Å². The Morgan fingerprint density at radius 2 is 2.15 bits per heavy atom. The molecule has 1 saturated carbocycles. The van der Waals surface area contributed by atoms with Gasteiger partial charge in [0.25, 0.3) is 0 Å². The number of ketones is 1. The zero-order valence-corrected chi connectivity index (χ0v) is 9.20. The quantitative estimate of drug-likeness (QED) is 0.673. The van der Waals surface area contributed by atoms with Gasteiger partial charge in [-0.3, -0.25) is 9.69 Å².